The lowest BCUT2D eigenvalue weighted by Gasteiger charge is -1.99. The van der Waals surface area contributed by atoms with Crippen LogP contribution in [0.4, 0.5) is 0 Å². The molecule has 0 saturated carbocycles. The van der Waals surface area contributed by atoms with Gasteiger partial charge in [-0.3, -0.25) is 9.59 Å². The van der Waals surface area contributed by atoms with Crippen LogP contribution in [0.15, 0.2) is 12.2 Å². The van der Waals surface area contributed by atoms with E-state index in [-0.39, 0.29) is 0 Å². The molecule has 0 aliphatic rings. The Morgan fingerprint density at radius 1 is 1.21 bits per heavy atom. The van der Waals surface area contributed by atoms with Gasteiger partial charge in [-0.15, -0.1) is 0 Å². The molecule has 0 fully saturated rings. The number of rotatable bonds is 7. The normalized spacial score (nSPS) is 11.0. The second kappa shape index (κ2) is 7.12. The van der Waals surface area contributed by atoms with Gasteiger partial charge in [-0.1, -0.05) is 31.9 Å². The van der Waals surface area contributed by atoms with Gasteiger partial charge in [0, 0.05) is 0 Å². The van der Waals surface area contributed by atoms with E-state index in [1.54, 1.807) is 6.08 Å². The lowest BCUT2D eigenvalue weighted by molar-refractivity contribution is -0.151. The fourth-order valence-corrected chi connectivity index (χ4v) is 1.01. The molecule has 0 spiro atoms. The van der Waals surface area contributed by atoms with Crippen molar-refractivity contribution in [2.24, 2.45) is 5.92 Å². The molecule has 0 aromatic rings. The largest absolute Gasteiger partial charge is 0.480 e. The van der Waals surface area contributed by atoms with Gasteiger partial charge in [-0.05, 0) is 12.8 Å². The van der Waals surface area contributed by atoms with E-state index in [1.807, 2.05) is 0 Å². The summed E-state index contributed by atoms with van der Waals surface area (Å²) in [6.07, 6.45) is 6.75. The van der Waals surface area contributed by atoms with Gasteiger partial charge in [0.1, 0.15) is 0 Å². The molecule has 0 aromatic heterocycles. The highest BCUT2D eigenvalue weighted by Gasteiger charge is 2.21. The first-order valence-corrected chi connectivity index (χ1v) is 4.71. The first-order valence-electron chi connectivity index (χ1n) is 4.71. The zero-order valence-electron chi connectivity index (χ0n) is 8.27. The Kier molecular flexibility index (Phi) is 6.45. The summed E-state index contributed by atoms with van der Waals surface area (Å²) in [6, 6.07) is 0. The Hall–Kier alpha value is -1.32. The van der Waals surface area contributed by atoms with Crippen LogP contribution in [0.2, 0.25) is 0 Å². The summed E-state index contributed by atoms with van der Waals surface area (Å²) in [5, 5.41) is 17.0. The Bertz CT molecular complexity index is 206. The summed E-state index contributed by atoms with van der Waals surface area (Å²) in [4.78, 5) is 20.9. The van der Waals surface area contributed by atoms with E-state index in [2.05, 4.69) is 6.92 Å². The smallest absolute Gasteiger partial charge is 0.321 e. The highest BCUT2D eigenvalue weighted by molar-refractivity contribution is 5.94. The van der Waals surface area contributed by atoms with E-state index in [4.69, 9.17) is 10.2 Å². The average Bonchev–Trinajstić information content (AvgIpc) is 2.09. The molecular weight excluding hydrogens is 184 g/mol. The van der Waals surface area contributed by atoms with Gasteiger partial charge in [-0.2, -0.15) is 0 Å². The summed E-state index contributed by atoms with van der Waals surface area (Å²) in [7, 11) is 0. The fourth-order valence-electron chi connectivity index (χ4n) is 1.01. The van der Waals surface area contributed by atoms with Crippen LogP contribution >= 0.6 is 0 Å². The van der Waals surface area contributed by atoms with E-state index in [0.717, 1.165) is 25.7 Å². The van der Waals surface area contributed by atoms with Crippen molar-refractivity contribution < 1.29 is 19.8 Å². The molecule has 0 bridgehead atoms. The van der Waals surface area contributed by atoms with Crippen LogP contribution < -0.4 is 0 Å². The molecule has 2 N–H and O–H groups in total. The Balaban J connectivity index is 3.91. The first-order chi connectivity index (χ1) is 6.59. The molecule has 0 atom stereocenters. The number of aliphatic carboxylic acids is 2. The number of carboxylic acids is 2. The molecule has 0 aromatic carbocycles. The van der Waals surface area contributed by atoms with Crippen molar-refractivity contribution in [1.82, 2.24) is 0 Å². The van der Waals surface area contributed by atoms with Crippen molar-refractivity contribution >= 4 is 11.9 Å². The summed E-state index contributed by atoms with van der Waals surface area (Å²) >= 11 is 0. The predicted molar refractivity (Wildman–Crippen MR) is 52.0 cm³/mol. The highest BCUT2D eigenvalue weighted by atomic mass is 16.4. The molecule has 0 radical (unpaired) electrons. The number of hydrogen-bond acceptors (Lipinski definition) is 2. The molecule has 0 amide bonds. The molecule has 0 unspecified atom stereocenters. The Morgan fingerprint density at radius 2 is 1.79 bits per heavy atom. The van der Waals surface area contributed by atoms with Crippen LogP contribution in [0.25, 0.3) is 0 Å². The maximum atomic E-state index is 10.4. The molecule has 0 aliphatic carbocycles. The Labute approximate surface area is 83.2 Å². The van der Waals surface area contributed by atoms with Crippen LogP contribution in [0.3, 0.4) is 0 Å². The number of allylic oxidation sites excluding steroid dienone is 1. The third kappa shape index (κ3) is 5.35. The molecular formula is C10H16O4. The minimum absolute atomic E-state index is 0.741. The van der Waals surface area contributed by atoms with Crippen LogP contribution in [0.5, 0.6) is 0 Å². The second-order valence-electron chi connectivity index (χ2n) is 3.08. The predicted octanol–water partition coefficient (Wildman–Crippen LogP) is 1.91. The van der Waals surface area contributed by atoms with Gasteiger partial charge in [0.15, 0.2) is 5.92 Å². The van der Waals surface area contributed by atoms with Gasteiger partial charge in [-0.25, -0.2) is 0 Å². The van der Waals surface area contributed by atoms with Crippen molar-refractivity contribution in [1.29, 1.82) is 0 Å². The zero-order chi connectivity index (χ0) is 11.0. The summed E-state index contributed by atoms with van der Waals surface area (Å²) in [6.45, 7) is 2.07. The minimum atomic E-state index is -1.41. The maximum absolute atomic E-state index is 10.4. The second-order valence-corrected chi connectivity index (χ2v) is 3.08. The standard InChI is InChI=1S/C10H16O4/c1-2-3-4-5-6-7-8(9(11)12)10(13)14/h6-8H,2-5H2,1H3,(H,11,12)(H,13,14)/b7-6-. The Morgan fingerprint density at radius 3 is 2.21 bits per heavy atom. The number of carboxylic acid groups (broad SMARTS) is 2. The topological polar surface area (TPSA) is 74.6 Å². The number of unbranched alkanes of at least 4 members (excludes halogenated alkanes) is 3. The monoisotopic (exact) mass is 200 g/mol. The molecule has 0 aliphatic heterocycles. The summed E-state index contributed by atoms with van der Waals surface area (Å²) in [5.41, 5.74) is 0. The quantitative estimate of drug-likeness (QED) is 0.374. The van der Waals surface area contributed by atoms with Crippen molar-refractivity contribution in [3.8, 4) is 0 Å². The van der Waals surface area contributed by atoms with Gasteiger partial charge < -0.3 is 10.2 Å². The SMILES string of the molecule is CCCCC/C=C\C(C(=O)O)C(=O)O. The third-order valence-electron chi connectivity index (χ3n) is 1.83. The molecule has 4 nitrogen and oxygen atoms in total. The zero-order valence-corrected chi connectivity index (χ0v) is 8.27. The van der Waals surface area contributed by atoms with Crippen LogP contribution in [0.1, 0.15) is 32.6 Å². The summed E-state index contributed by atoms with van der Waals surface area (Å²) in [5.74, 6) is -4.04. The lowest BCUT2D eigenvalue weighted by atomic mass is 10.1. The molecule has 0 heterocycles. The van der Waals surface area contributed by atoms with E-state index in [9.17, 15) is 9.59 Å². The minimum Gasteiger partial charge on any atom is -0.480 e. The molecule has 14 heavy (non-hydrogen) atoms. The summed E-state index contributed by atoms with van der Waals surface area (Å²) < 4.78 is 0. The molecule has 0 rings (SSSR count). The lowest BCUT2D eigenvalue weighted by Crippen LogP contribution is -2.20. The maximum Gasteiger partial charge on any atom is 0.321 e. The van der Waals surface area contributed by atoms with Crippen LogP contribution in [-0.2, 0) is 9.59 Å². The van der Waals surface area contributed by atoms with Crippen molar-refractivity contribution in [2.45, 2.75) is 32.6 Å². The fraction of sp³-hybridized carbons (Fsp3) is 0.600. The third-order valence-corrected chi connectivity index (χ3v) is 1.83. The van der Waals surface area contributed by atoms with Gasteiger partial charge in [0.05, 0.1) is 0 Å². The van der Waals surface area contributed by atoms with Gasteiger partial charge in [0.2, 0.25) is 0 Å². The van der Waals surface area contributed by atoms with Crippen LogP contribution in [0, 0.1) is 5.92 Å². The van der Waals surface area contributed by atoms with Crippen molar-refractivity contribution in [3.63, 3.8) is 0 Å². The molecule has 0 saturated heterocycles. The van der Waals surface area contributed by atoms with E-state index in [1.165, 1.54) is 6.08 Å². The van der Waals surface area contributed by atoms with Gasteiger partial charge in [0.25, 0.3) is 0 Å². The number of hydrogen-bond donors (Lipinski definition) is 2. The van der Waals surface area contributed by atoms with Gasteiger partial charge >= 0.3 is 11.9 Å². The van der Waals surface area contributed by atoms with E-state index < -0.39 is 17.9 Å². The van der Waals surface area contributed by atoms with E-state index >= 15 is 0 Å². The molecule has 80 valence electrons. The van der Waals surface area contributed by atoms with E-state index in [0.29, 0.717) is 0 Å². The average molecular weight is 200 g/mol. The van der Waals surface area contributed by atoms with Crippen molar-refractivity contribution in [2.75, 3.05) is 0 Å². The highest BCUT2D eigenvalue weighted by Crippen LogP contribution is 2.04. The first kappa shape index (κ1) is 12.7. The number of carbonyl (C=O) groups is 2. The molecule has 4 heteroatoms. The van der Waals surface area contributed by atoms with Crippen LogP contribution in [-0.4, -0.2) is 22.2 Å². The van der Waals surface area contributed by atoms with Crippen molar-refractivity contribution in [3.05, 3.63) is 12.2 Å².